The number of rotatable bonds is 7. The first-order chi connectivity index (χ1) is 13.1. The van der Waals surface area contributed by atoms with Crippen molar-refractivity contribution in [3.8, 4) is 0 Å². The molecule has 0 saturated carbocycles. The van der Waals surface area contributed by atoms with Crippen LogP contribution in [0, 0.1) is 6.92 Å². The van der Waals surface area contributed by atoms with E-state index >= 15 is 0 Å². The average Bonchev–Trinajstić information content (AvgIpc) is 2.67. The van der Waals surface area contributed by atoms with Gasteiger partial charge in [0.05, 0.1) is 5.52 Å². The molecule has 2 N–H and O–H groups in total. The summed E-state index contributed by atoms with van der Waals surface area (Å²) in [5.74, 6) is -0.0837. The van der Waals surface area contributed by atoms with E-state index < -0.39 is 0 Å². The third kappa shape index (κ3) is 5.56. The van der Waals surface area contributed by atoms with E-state index in [-0.39, 0.29) is 5.91 Å². The first kappa shape index (κ1) is 18.9. The van der Waals surface area contributed by atoms with Crippen LogP contribution in [-0.2, 0) is 4.79 Å². The predicted molar refractivity (Wildman–Crippen MR) is 113 cm³/mol. The van der Waals surface area contributed by atoms with Crippen LogP contribution in [0.1, 0.15) is 17.5 Å². The highest BCUT2D eigenvalue weighted by Crippen LogP contribution is 2.24. The number of fused-ring (bicyclic) bond motifs is 1. The molecule has 1 aromatic heterocycles. The number of nitrogens with zero attached hydrogens (tertiary/aromatic N) is 1. The molecule has 0 spiro atoms. The van der Waals surface area contributed by atoms with E-state index in [0.717, 1.165) is 35.1 Å². The number of carbonyl (C=O) groups excluding carboxylic acids is 1. The smallest absolute Gasteiger partial charge is 0.244 e. The van der Waals surface area contributed by atoms with Gasteiger partial charge in [-0.3, -0.25) is 9.78 Å². The van der Waals surface area contributed by atoms with Gasteiger partial charge in [0.1, 0.15) is 0 Å². The lowest BCUT2D eigenvalue weighted by molar-refractivity contribution is -0.116. The molecule has 0 bridgehead atoms. The number of aromatic nitrogens is 1. The van der Waals surface area contributed by atoms with Crippen molar-refractivity contribution in [2.75, 3.05) is 18.4 Å². The number of amides is 1. The third-order valence-electron chi connectivity index (χ3n) is 4.18. The monoisotopic (exact) mass is 379 g/mol. The molecule has 2 aromatic carbocycles. The van der Waals surface area contributed by atoms with E-state index in [2.05, 4.69) is 15.6 Å². The van der Waals surface area contributed by atoms with Crippen molar-refractivity contribution in [2.45, 2.75) is 13.3 Å². The van der Waals surface area contributed by atoms with E-state index in [0.29, 0.717) is 11.6 Å². The summed E-state index contributed by atoms with van der Waals surface area (Å²) in [4.78, 5) is 16.2. The zero-order valence-corrected chi connectivity index (χ0v) is 16.0. The summed E-state index contributed by atoms with van der Waals surface area (Å²) in [5, 5.41) is 8.00. The number of pyridine rings is 1. The molecule has 0 fully saturated rings. The Labute approximate surface area is 164 Å². The molecule has 4 nitrogen and oxygen atoms in total. The number of hydrogen-bond donors (Lipinski definition) is 2. The molecule has 1 heterocycles. The van der Waals surface area contributed by atoms with Gasteiger partial charge < -0.3 is 10.6 Å². The maximum atomic E-state index is 11.9. The molecule has 3 aromatic rings. The van der Waals surface area contributed by atoms with Crippen LogP contribution in [0.2, 0.25) is 5.02 Å². The zero-order chi connectivity index (χ0) is 19.1. The van der Waals surface area contributed by atoms with Crippen LogP contribution in [0.3, 0.4) is 0 Å². The number of carbonyl (C=O) groups is 1. The molecule has 0 atom stereocenters. The number of nitrogens with one attached hydrogen (secondary N) is 2. The number of aryl methyl sites for hydroxylation is 1. The molecule has 0 unspecified atom stereocenters. The highest BCUT2D eigenvalue weighted by molar-refractivity contribution is 6.31. The average molecular weight is 380 g/mol. The fourth-order valence-corrected chi connectivity index (χ4v) is 2.87. The molecule has 0 saturated heterocycles. The molecule has 0 aliphatic carbocycles. The summed E-state index contributed by atoms with van der Waals surface area (Å²) >= 11 is 6.01. The van der Waals surface area contributed by atoms with Crippen LogP contribution in [0.15, 0.2) is 60.8 Å². The number of benzene rings is 2. The van der Waals surface area contributed by atoms with Gasteiger partial charge >= 0.3 is 0 Å². The van der Waals surface area contributed by atoms with Crippen molar-refractivity contribution in [3.63, 3.8) is 0 Å². The van der Waals surface area contributed by atoms with Crippen LogP contribution in [0.4, 0.5) is 5.69 Å². The van der Waals surface area contributed by atoms with Gasteiger partial charge in [0.15, 0.2) is 0 Å². The Morgan fingerprint density at radius 1 is 1.11 bits per heavy atom. The Bertz CT molecular complexity index is 951. The Morgan fingerprint density at radius 3 is 2.74 bits per heavy atom. The maximum Gasteiger partial charge on any atom is 0.244 e. The highest BCUT2D eigenvalue weighted by atomic mass is 35.5. The van der Waals surface area contributed by atoms with Gasteiger partial charge in [-0.15, -0.1) is 0 Å². The molecule has 0 radical (unpaired) electrons. The molecule has 27 heavy (non-hydrogen) atoms. The Hall–Kier alpha value is -2.85. The van der Waals surface area contributed by atoms with E-state index in [1.165, 1.54) is 5.56 Å². The number of anilines is 1. The summed E-state index contributed by atoms with van der Waals surface area (Å²) in [5.41, 5.74) is 4.10. The second-order valence-corrected chi connectivity index (χ2v) is 6.77. The first-order valence-electron chi connectivity index (χ1n) is 8.92. The minimum absolute atomic E-state index is 0.0837. The fraction of sp³-hybridized carbons (Fsp3) is 0.182. The van der Waals surface area contributed by atoms with E-state index in [1.54, 1.807) is 12.3 Å². The van der Waals surface area contributed by atoms with E-state index in [4.69, 9.17) is 11.6 Å². The molecule has 5 heteroatoms. The molecule has 1 amide bonds. The van der Waals surface area contributed by atoms with Crippen molar-refractivity contribution in [1.29, 1.82) is 0 Å². The quantitative estimate of drug-likeness (QED) is 0.456. The van der Waals surface area contributed by atoms with E-state index in [9.17, 15) is 4.79 Å². The molecular formula is C22H22ClN3O. The van der Waals surface area contributed by atoms with Gasteiger partial charge in [0.25, 0.3) is 0 Å². The first-order valence-corrected chi connectivity index (χ1v) is 9.30. The maximum absolute atomic E-state index is 11.9. The SMILES string of the molecule is Cc1ccc(/C=C/C(=O)NCCCNc2ccnc3cc(Cl)ccc23)cc1. The summed E-state index contributed by atoms with van der Waals surface area (Å²) < 4.78 is 0. The minimum atomic E-state index is -0.0837. The Kier molecular flexibility index (Phi) is 6.44. The standard InChI is InChI=1S/C22H22ClN3O/c1-16-3-5-17(6-4-16)7-10-22(27)26-13-2-12-24-20-11-14-25-21-15-18(23)8-9-19(20)21/h3-11,14-15H,2,12-13H2,1H3,(H,24,25)(H,26,27)/b10-7+. The van der Waals surface area contributed by atoms with Crippen LogP contribution in [-0.4, -0.2) is 24.0 Å². The van der Waals surface area contributed by atoms with Crippen molar-refractivity contribution < 1.29 is 4.79 Å². The topological polar surface area (TPSA) is 54.0 Å². The molecule has 3 rings (SSSR count). The Balaban J connectivity index is 1.43. The van der Waals surface area contributed by atoms with E-state index in [1.807, 2.05) is 61.5 Å². The fourth-order valence-electron chi connectivity index (χ4n) is 2.71. The van der Waals surface area contributed by atoms with Gasteiger partial charge in [-0.05, 0) is 49.2 Å². The van der Waals surface area contributed by atoms with Crippen LogP contribution < -0.4 is 10.6 Å². The summed E-state index contributed by atoms with van der Waals surface area (Å²) in [6.45, 7) is 3.40. The largest absolute Gasteiger partial charge is 0.384 e. The minimum Gasteiger partial charge on any atom is -0.384 e. The van der Waals surface area contributed by atoms with Crippen LogP contribution in [0.25, 0.3) is 17.0 Å². The van der Waals surface area contributed by atoms with Crippen molar-refractivity contribution >= 4 is 40.2 Å². The second kappa shape index (κ2) is 9.19. The van der Waals surface area contributed by atoms with Crippen molar-refractivity contribution in [2.24, 2.45) is 0 Å². The molecular weight excluding hydrogens is 358 g/mol. The summed E-state index contributed by atoms with van der Waals surface area (Å²) in [6.07, 6.45) is 5.97. The summed E-state index contributed by atoms with van der Waals surface area (Å²) in [6, 6.07) is 15.7. The van der Waals surface area contributed by atoms with Crippen LogP contribution >= 0.6 is 11.6 Å². The lowest BCUT2D eigenvalue weighted by atomic mass is 10.1. The Morgan fingerprint density at radius 2 is 1.93 bits per heavy atom. The summed E-state index contributed by atoms with van der Waals surface area (Å²) in [7, 11) is 0. The lowest BCUT2D eigenvalue weighted by Crippen LogP contribution is -2.23. The van der Waals surface area contributed by atoms with Crippen molar-refractivity contribution in [3.05, 3.63) is 77.0 Å². The number of halogens is 1. The third-order valence-corrected chi connectivity index (χ3v) is 4.41. The molecule has 138 valence electrons. The van der Waals surface area contributed by atoms with Gasteiger partial charge in [-0.2, -0.15) is 0 Å². The van der Waals surface area contributed by atoms with Gasteiger partial charge in [-0.25, -0.2) is 0 Å². The molecule has 0 aliphatic heterocycles. The van der Waals surface area contributed by atoms with Crippen LogP contribution in [0.5, 0.6) is 0 Å². The highest BCUT2D eigenvalue weighted by Gasteiger charge is 2.02. The zero-order valence-electron chi connectivity index (χ0n) is 15.2. The van der Waals surface area contributed by atoms with Crippen molar-refractivity contribution in [1.82, 2.24) is 10.3 Å². The van der Waals surface area contributed by atoms with Gasteiger partial charge in [0.2, 0.25) is 5.91 Å². The van der Waals surface area contributed by atoms with Gasteiger partial charge in [-0.1, -0.05) is 41.4 Å². The lowest BCUT2D eigenvalue weighted by Gasteiger charge is -2.09. The number of hydrogen-bond acceptors (Lipinski definition) is 3. The van der Waals surface area contributed by atoms with Gasteiger partial charge in [0, 0.05) is 41.5 Å². The molecule has 0 aliphatic rings. The normalized spacial score (nSPS) is 11.0. The predicted octanol–water partition coefficient (Wildman–Crippen LogP) is 4.83. The second-order valence-electron chi connectivity index (χ2n) is 6.34.